The van der Waals surface area contributed by atoms with Crippen LogP contribution in [0.2, 0.25) is 0 Å². The molecule has 18 heavy (non-hydrogen) atoms. The smallest absolute Gasteiger partial charge is 0.226 e. The summed E-state index contributed by atoms with van der Waals surface area (Å²) in [5.74, 6) is 0.447. The predicted octanol–water partition coefficient (Wildman–Crippen LogP) is 2.34. The van der Waals surface area contributed by atoms with Crippen LogP contribution in [-0.4, -0.2) is 17.0 Å². The molecule has 1 aromatic carbocycles. The van der Waals surface area contributed by atoms with E-state index in [9.17, 15) is 4.39 Å². The Labute approximate surface area is 104 Å². The molecule has 5 nitrogen and oxygen atoms in total. The van der Waals surface area contributed by atoms with E-state index in [1.165, 1.54) is 12.1 Å². The van der Waals surface area contributed by atoms with E-state index >= 15 is 0 Å². The third kappa shape index (κ3) is 2.48. The van der Waals surface area contributed by atoms with E-state index in [1.807, 2.05) is 0 Å². The molecule has 3 N–H and O–H groups in total. The van der Waals surface area contributed by atoms with Crippen molar-refractivity contribution in [3.63, 3.8) is 0 Å². The summed E-state index contributed by atoms with van der Waals surface area (Å²) in [4.78, 5) is 7.80. The van der Waals surface area contributed by atoms with Crippen molar-refractivity contribution in [3.8, 4) is 11.6 Å². The summed E-state index contributed by atoms with van der Waals surface area (Å²) >= 11 is 0. The maximum Gasteiger partial charge on any atom is 0.226 e. The van der Waals surface area contributed by atoms with Gasteiger partial charge in [0.1, 0.15) is 5.82 Å². The molecule has 2 aromatic rings. The Bertz CT molecular complexity index is 574. The Morgan fingerprint density at radius 1 is 1.33 bits per heavy atom. The lowest BCUT2D eigenvalue weighted by Crippen LogP contribution is -2.02. The van der Waals surface area contributed by atoms with Gasteiger partial charge in [-0.25, -0.2) is 4.39 Å². The van der Waals surface area contributed by atoms with Crippen molar-refractivity contribution >= 4 is 11.8 Å². The number of ether oxygens (including phenoxy) is 1. The van der Waals surface area contributed by atoms with Crippen molar-refractivity contribution in [3.05, 3.63) is 35.6 Å². The first-order chi connectivity index (χ1) is 8.60. The van der Waals surface area contributed by atoms with Crippen LogP contribution in [0.3, 0.4) is 0 Å². The topological polar surface area (TPSA) is 73.1 Å². The van der Waals surface area contributed by atoms with E-state index in [2.05, 4.69) is 15.3 Å². The summed E-state index contributed by atoms with van der Waals surface area (Å²) in [6, 6.07) is 6.44. The van der Waals surface area contributed by atoms with Crippen molar-refractivity contribution in [1.29, 1.82) is 0 Å². The van der Waals surface area contributed by atoms with Crippen molar-refractivity contribution in [2.24, 2.45) is 0 Å². The highest BCUT2D eigenvalue weighted by atomic mass is 19.1. The fourth-order valence-electron chi connectivity index (χ4n) is 1.44. The molecule has 0 amide bonds. The molecule has 0 aliphatic carbocycles. The molecule has 94 valence electrons. The van der Waals surface area contributed by atoms with E-state index < -0.39 is 5.82 Å². The molecule has 0 aliphatic heterocycles. The van der Waals surface area contributed by atoms with Gasteiger partial charge in [0.2, 0.25) is 11.8 Å². The molecular weight excluding hydrogens is 235 g/mol. The maximum absolute atomic E-state index is 13.8. The van der Waals surface area contributed by atoms with Crippen LogP contribution in [0.15, 0.2) is 24.3 Å². The summed E-state index contributed by atoms with van der Waals surface area (Å²) in [5, 5.41) is 2.82. The van der Waals surface area contributed by atoms with E-state index in [0.717, 1.165) is 0 Å². The average Bonchev–Trinajstić information content (AvgIpc) is 2.34. The largest absolute Gasteiger partial charge is 0.436 e. The highest BCUT2D eigenvalue weighted by Crippen LogP contribution is 2.26. The summed E-state index contributed by atoms with van der Waals surface area (Å²) in [7, 11) is 1.69. The molecule has 0 atom stereocenters. The van der Waals surface area contributed by atoms with Gasteiger partial charge in [-0.2, -0.15) is 9.97 Å². The number of anilines is 2. The summed E-state index contributed by atoms with van der Waals surface area (Å²) in [6.45, 7) is 1.66. The van der Waals surface area contributed by atoms with Crippen LogP contribution in [0.5, 0.6) is 11.6 Å². The van der Waals surface area contributed by atoms with Gasteiger partial charge in [0.25, 0.3) is 0 Å². The molecule has 0 saturated carbocycles. The van der Waals surface area contributed by atoms with Gasteiger partial charge in [-0.05, 0) is 18.6 Å². The van der Waals surface area contributed by atoms with Gasteiger partial charge in [-0.1, -0.05) is 12.1 Å². The Balaban J connectivity index is 2.34. The van der Waals surface area contributed by atoms with Gasteiger partial charge in [0, 0.05) is 13.1 Å². The number of nitrogens with zero attached hydrogens (tertiary/aromatic N) is 2. The predicted molar refractivity (Wildman–Crippen MR) is 67.2 cm³/mol. The third-order valence-corrected chi connectivity index (χ3v) is 2.35. The Morgan fingerprint density at radius 2 is 2.11 bits per heavy atom. The second kappa shape index (κ2) is 4.87. The number of hydrogen-bond acceptors (Lipinski definition) is 5. The van der Waals surface area contributed by atoms with Crippen molar-refractivity contribution in [1.82, 2.24) is 9.97 Å². The average molecular weight is 248 g/mol. The maximum atomic E-state index is 13.8. The van der Waals surface area contributed by atoms with Gasteiger partial charge in [-0.15, -0.1) is 0 Å². The van der Waals surface area contributed by atoms with E-state index in [4.69, 9.17) is 10.5 Å². The number of nitrogens with one attached hydrogen (secondary N) is 1. The second-order valence-corrected chi connectivity index (χ2v) is 3.69. The van der Waals surface area contributed by atoms with Crippen LogP contribution in [0.1, 0.15) is 5.56 Å². The Kier molecular flexibility index (Phi) is 3.27. The van der Waals surface area contributed by atoms with Crippen LogP contribution in [0.4, 0.5) is 16.2 Å². The standard InChI is InChI=1S/C12H13FN4O/c1-7-4-3-5-8(11(7)13)18-10-6-9(15-2)16-12(14)17-10/h3-6H,1-2H3,(H3,14,15,16,17). The summed E-state index contributed by atoms with van der Waals surface area (Å²) < 4.78 is 19.1. The van der Waals surface area contributed by atoms with Crippen LogP contribution in [0.25, 0.3) is 0 Å². The summed E-state index contributed by atoms with van der Waals surface area (Å²) in [6.07, 6.45) is 0. The fourth-order valence-corrected chi connectivity index (χ4v) is 1.44. The molecular formula is C12H13FN4O. The Morgan fingerprint density at radius 3 is 2.83 bits per heavy atom. The molecule has 0 radical (unpaired) electrons. The van der Waals surface area contributed by atoms with E-state index in [-0.39, 0.29) is 17.6 Å². The normalized spacial score (nSPS) is 10.2. The van der Waals surface area contributed by atoms with Gasteiger partial charge in [0.15, 0.2) is 11.6 Å². The van der Waals surface area contributed by atoms with E-state index in [1.54, 1.807) is 26.1 Å². The van der Waals surface area contributed by atoms with Crippen molar-refractivity contribution < 1.29 is 9.13 Å². The van der Waals surface area contributed by atoms with Crippen LogP contribution >= 0.6 is 0 Å². The SMILES string of the molecule is CNc1cc(Oc2cccc(C)c2F)nc(N)n1. The first-order valence-electron chi connectivity index (χ1n) is 5.35. The molecule has 2 rings (SSSR count). The Hall–Kier alpha value is -2.37. The van der Waals surface area contributed by atoms with Crippen molar-refractivity contribution in [2.45, 2.75) is 6.92 Å². The third-order valence-electron chi connectivity index (χ3n) is 2.35. The molecule has 0 bridgehead atoms. The van der Waals surface area contributed by atoms with Gasteiger partial charge in [0.05, 0.1) is 0 Å². The fraction of sp³-hybridized carbons (Fsp3) is 0.167. The lowest BCUT2D eigenvalue weighted by molar-refractivity contribution is 0.425. The number of rotatable bonds is 3. The molecule has 6 heteroatoms. The number of aryl methyl sites for hydroxylation is 1. The van der Waals surface area contributed by atoms with Gasteiger partial charge in [-0.3, -0.25) is 0 Å². The zero-order chi connectivity index (χ0) is 13.1. The monoisotopic (exact) mass is 248 g/mol. The number of benzene rings is 1. The minimum absolute atomic E-state index is 0.0601. The van der Waals surface area contributed by atoms with Gasteiger partial charge >= 0.3 is 0 Å². The van der Waals surface area contributed by atoms with Gasteiger partial charge < -0.3 is 15.8 Å². The number of halogens is 1. The highest BCUT2D eigenvalue weighted by molar-refractivity contribution is 5.43. The molecule has 0 spiro atoms. The summed E-state index contributed by atoms with van der Waals surface area (Å²) in [5.41, 5.74) is 6.02. The zero-order valence-electron chi connectivity index (χ0n) is 10.1. The lowest BCUT2D eigenvalue weighted by Gasteiger charge is -2.08. The molecule has 1 heterocycles. The number of nitrogen functional groups attached to an aromatic ring is 1. The molecule has 1 aromatic heterocycles. The molecule has 0 unspecified atom stereocenters. The first-order valence-corrected chi connectivity index (χ1v) is 5.35. The number of nitrogens with two attached hydrogens (primary N) is 1. The second-order valence-electron chi connectivity index (χ2n) is 3.69. The highest BCUT2D eigenvalue weighted by Gasteiger charge is 2.09. The van der Waals surface area contributed by atoms with Crippen LogP contribution < -0.4 is 15.8 Å². The first kappa shape index (κ1) is 12.1. The van der Waals surface area contributed by atoms with E-state index in [0.29, 0.717) is 11.4 Å². The minimum atomic E-state index is -0.416. The number of hydrogen-bond donors (Lipinski definition) is 2. The van der Waals surface area contributed by atoms with Crippen LogP contribution in [0, 0.1) is 12.7 Å². The number of aromatic nitrogens is 2. The molecule has 0 aliphatic rings. The molecule has 0 fully saturated rings. The minimum Gasteiger partial charge on any atom is -0.436 e. The zero-order valence-corrected chi connectivity index (χ0v) is 10.1. The molecule has 0 saturated heterocycles. The van der Waals surface area contributed by atoms with Crippen molar-refractivity contribution in [2.75, 3.05) is 18.1 Å². The lowest BCUT2D eigenvalue weighted by atomic mass is 10.2. The van der Waals surface area contributed by atoms with Crippen LogP contribution in [-0.2, 0) is 0 Å². The quantitative estimate of drug-likeness (QED) is 0.872.